The van der Waals surface area contributed by atoms with Crippen molar-refractivity contribution in [3.63, 3.8) is 0 Å². The number of nitrogens with zero attached hydrogens (tertiary/aromatic N) is 1. The average Bonchev–Trinajstić information content (AvgIpc) is 3.85. The van der Waals surface area contributed by atoms with Crippen molar-refractivity contribution in [1.29, 1.82) is 0 Å². The first kappa shape index (κ1) is 32.5. The Morgan fingerprint density at radius 2 is 0.807 bits per heavy atom. The first-order chi connectivity index (χ1) is 28.2. The molecular weight excluding hydrogens is 727 g/mol. The Hall–Kier alpha value is -6.78. The minimum Gasteiger partial charge on any atom is -0.310 e. The predicted octanol–water partition coefficient (Wildman–Crippen LogP) is 16.7. The lowest BCUT2D eigenvalue weighted by Gasteiger charge is -2.26. The van der Waals surface area contributed by atoms with Gasteiger partial charge >= 0.3 is 0 Å². The average molecular weight is 760 g/mol. The lowest BCUT2D eigenvalue weighted by molar-refractivity contribution is 1.30. The van der Waals surface area contributed by atoms with Gasteiger partial charge in [-0.25, -0.2) is 0 Å². The van der Waals surface area contributed by atoms with Crippen LogP contribution in [0.15, 0.2) is 200 Å². The summed E-state index contributed by atoms with van der Waals surface area (Å²) >= 11 is 3.83. The standard InChI is InChI=1S/C54H33NS2/c1-2-14-36(15-3-1)42-20-10-21-46-47-22-11-23-48(53(47)57-52(42)46)49-33-50-44-29-28-41(32-51(44)56-54(50)45-19-9-8-18-43(45)49)55(39-26-24-34-12-4-6-16-37(34)30-39)40-27-25-35-13-5-7-17-38(35)31-40/h1-33H. The van der Waals surface area contributed by atoms with Crippen LogP contribution < -0.4 is 4.90 Å². The molecule has 2 heterocycles. The highest BCUT2D eigenvalue weighted by molar-refractivity contribution is 7.27. The minimum atomic E-state index is 1.14. The molecule has 0 atom stereocenters. The first-order valence-corrected chi connectivity index (χ1v) is 21.0. The van der Waals surface area contributed by atoms with Crippen LogP contribution in [0, 0.1) is 0 Å². The van der Waals surface area contributed by atoms with Crippen LogP contribution in [0.5, 0.6) is 0 Å². The molecule has 0 aliphatic rings. The van der Waals surface area contributed by atoms with Crippen LogP contribution in [-0.4, -0.2) is 0 Å². The predicted molar refractivity (Wildman–Crippen MR) is 250 cm³/mol. The molecule has 0 bridgehead atoms. The van der Waals surface area contributed by atoms with E-state index in [-0.39, 0.29) is 0 Å². The fraction of sp³-hybridized carbons (Fsp3) is 0. The fourth-order valence-electron chi connectivity index (χ4n) is 8.90. The molecular formula is C54H33NS2. The molecule has 1 nitrogen and oxygen atoms in total. The van der Waals surface area contributed by atoms with Crippen LogP contribution in [0.2, 0.25) is 0 Å². The zero-order valence-corrected chi connectivity index (χ0v) is 32.4. The summed E-state index contributed by atoms with van der Waals surface area (Å²) in [6.45, 7) is 0. The molecule has 12 aromatic rings. The molecule has 57 heavy (non-hydrogen) atoms. The largest absolute Gasteiger partial charge is 0.310 e. The van der Waals surface area contributed by atoms with E-state index >= 15 is 0 Å². The molecule has 0 fully saturated rings. The van der Waals surface area contributed by atoms with E-state index in [0.717, 1.165) is 17.1 Å². The smallest absolute Gasteiger partial charge is 0.0476 e. The molecule has 0 saturated heterocycles. The first-order valence-electron chi connectivity index (χ1n) is 19.4. The molecule has 0 radical (unpaired) electrons. The maximum Gasteiger partial charge on any atom is 0.0476 e. The second-order valence-corrected chi connectivity index (χ2v) is 16.9. The SMILES string of the molecule is c1ccc(-c2cccc3c2sc2c(-c4cc5c6ccc(N(c7ccc8ccccc8c7)c7ccc8ccccc8c7)cc6sc5c5ccccc45)cccc23)cc1. The van der Waals surface area contributed by atoms with Crippen molar-refractivity contribution in [1.82, 2.24) is 0 Å². The van der Waals surface area contributed by atoms with Gasteiger partial charge in [0.1, 0.15) is 0 Å². The van der Waals surface area contributed by atoms with Crippen molar-refractivity contribution in [2.75, 3.05) is 4.90 Å². The van der Waals surface area contributed by atoms with E-state index in [0.29, 0.717) is 0 Å². The molecule has 0 saturated carbocycles. The van der Waals surface area contributed by atoms with E-state index < -0.39 is 0 Å². The molecule has 0 unspecified atom stereocenters. The number of hydrogen-bond donors (Lipinski definition) is 0. The second-order valence-electron chi connectivity index (χ2n) is 14.9. The molecule has 12 rings (SSSR count). The third kappa shape index (κ3) is 5.20. The summed E-state index contributed by atoms with van der Waals surface area (Å²) in [7, 11) is 0. The van der Waals surface area contributed by atoms with Gasteiger partial charge in [0.15, 0.2) is 0 Å². The van der Waals surface area contributed by atoms with E-state index in [1.807, 2.05) is 22.7 Å². The number of anilines is 3. The summed E-state index contributed by atoms with van der Waals surface area (Å²) in [5.41, 5.74) is 8.56. The lowest BCUT2D eigenvalue weighted by atomic mass is 9.94. The zero-order valence-electron chi connectivity index (χ0n) is 30.8. The quantitative estimate of drug-likeness (QED) is 0.169. The van der Waals surface area contributed by atoms with Crippen molar-refractivity contribution < 1.29 is 0 Å². The van der Waals surface area contributed by atoms with Gasteiger partial charge in [-0.2, -0.15) is 0 Å². The van der Waals surface area contributed by atoms with E-state index in [2.05, 4.69) is 205 Å². The van der Waals surface area contributed by atoms with Crippen LogP contribution in [-0.2, 0) is 0 Å². The van der Waals surface area contributed by atoms with Crippen molar-refractivity contribution >= 4 is 112 Å². The highest BCUT2D eigenvalue weighted by atomic mass is 32.1. The van der Waals surface area contributed by atoms with Gasteiger partial charge in [-0.15, -0.1) is 22.7 Å². The molecule has 3 heteroatoms. The molecule has 0 spiro atoms. The summed E-state index contributed by atoms with van der Waals surface area (Å²) in [4.78, 5) is 2.41. The molecule has 2 aromatic heterocycles. The van der Waals surface area contributed by atoms with Crippen molar-refractivity contribution in [2.24, 2.45) is 0 Å². The van der Waals surface area contributed by atoms with Crippen LogP contribution in [0.3, 0.4) is 0 Å². The van der Waals surface area contributed by atoms with Gasteiger partial charge in [-0.3, -0.25) is 0 Å². The zero-order chi connectivity index (χ0) is 37.5. The van der Waals surface area contributed by atoms with Crippen molar-refractivity contribution in [3.05, 3.63) is 200 Å². The molecule has 0 aliphatic carbocycles. The van der Waals surface area contributed by atoms with Gasteiger partial charge in [-0.1, -0.05) is 158 Å². The van der Waals surface area contributed by atoms with Gasteiger partial charge in [0.05, 0.1) is 0 Å². The summed E-state index contributed by atoms with van der Waals surface area (Å²) in [5, 5.41) is 12.8. The molecule has 266 valence electrons. The fourth-order valence-corrected chi connectivity index (χ4v) is 11.5. The van der Waals surface area contributed by atoms with E-state index in [4.69, 9.17) is 0 Å². The van der Waals surface area contributed by atoms with Gasteiger partial charge in [0.2, 0.25) is 0 Å². The molecule has 0 N–H and O–H groups in total. The van der Waals surface area contributed by atoms with E-state index in [1.54, 1.807) is 0 Å². The Kier molecular flexibility index (Phi) is 7.34. The van der Waals surface area contributed by atoms with E-state index in [9.17, 15) is 0 Å². The summed E-state index contributed by atoms with van der Waals surface area (Å²) in [5.74, 6) is 0. The third-order valence-corrected chi connectivity index (χ3v) is 14.1. The Bertz CT molecular complexity index is 3460. The van der Waals surface area contributed by atoms with Crippen LogP contribution >= 0.6 is 22.7 Å². The van der Waals surface area contributed by atoms with Gasteiger partial charge in [0, 0.05) is 68.4 Å². The number of benzene rings is 10. The summed E-state index contributed by atoms with van der Waals surface area (Å²) in [6.07, 6.45) is 0. The van der Waals surface area contributed by atoms with Crippen molar-refractivity contribution in [2.45, 2.75) is 0 Å². The van der Waals surface area contributed by atoms with Gasteiger partial charge in [0.25, 0.3) is 0 Å². The summed E-state index contributed by atoms with van der Waals surface area (Å²) < 4.78 is 5.29. The maximum absolute atomic E-state index is 2.47. The monoisotopic (exact) mass is 759 g/mol. The Morgan fingerprint density at radius 3 is 1.51 bits per heavy atom. The topological polar surface area (TPSA) is 3.24 Å². The second kappa shape index (κ2) is 12.9. The Morgan fingerprint density at radius 1 is 0.281 bits per heavy atom. The van der Waals surface area contributed by atoms with Crippen LogP contribution in [0.4, 0.5) is 17.1 Å². The van der Waals surface area contributed by atoms with Crippen LogP contribution in [0.25, 0.3) is 94.9 Å². The number of fused-ring (bicyclic) bond motifs is 10. The number of rotatable bonds is 5. The lowest BCUT2D eigenvalue weighted by Crippen LogP contribution is -2.09. The normalized spacial score (nSPS) is 11.9. The minimum absolute atomic E-state index is 1.14. The molecule has 0 amide bonds. The Labute approximate surface area is 337 Å². The highest BCUT2D eigenvalue weighted by Gasteiger charge is 2.20. The highest BCUT2D eigenvalue weighted by Crippen LogP contribution is 2.49. The maximum atomic E-state index is 2.47. The number of thiophene rings is 2. The third-order valence-electron chi connectivity index (χ3n) is 11.6. The Balaban J connectivity index is 1.06. The van der Waals surface area contributed by atoms with Crippen molar-refractivity contribution in [3.8, 4) is 22.3 Å². The van der Waals surface area contributed by atoms with Gasteiger partial charge < -0.3 is 4.90 Å². The van der Waals surface area contributed by atoms with Gasteiger partial charge in [-0.05, 0) is 86.1 Å². The number of hydrogen-bond acceptors (Lipinski definition) is 3. The van der Waals surface area contributed by atoms with E-state index in [1.165, 1.54) is 94.9 Å². The molecule has 10 aromatic carbocycles. The summed E-state index contributed by atoms with van der Waals surface area (Å²) in [6, 6.07) is 73.8. The van der Waals surface area contributed by atoms with Crippen LogP contribution in [0.1, 0.15) is 0 Å². The molecule has 0 aliphatic heterocycles.